The van der Waals surface area contributed by atoms with Gasteiger partial charge in [-0.25, -0.2) is 4.98 Å². The Morgan fingerprint density at radius 2 is 2.04 bits per heavy atom. The number of hydrogen-bond donors (Lipinski definition) is 2. The SMILES string of the molecule is COc1ccc(-c2csc3nc(C)n(CC(O)CO)c(=O)c23)cc1. The van der Waals surface area contributed by atoms with E-state index in [9.17, 15) is 9.90 Å². The van der Waals surface area contributed by atoms with E-state index >= 15 is 0 Å². The van der Waals surface area contributed by atoms with E-state index < -0.39 is 12.7 Å². The molecule has 3 rings (SSSR count). The summed E-state index contributed by atoms with van der Waals surface area (Å²) in [6.45, 7) is 1.33. The van der Waals surface area contributed by atoms with Crippen molar-refractivity contribution in [2.24, 2.45) is 0 Å². The van der Waals surface area contributed by atoms with Crippen LogP contribution in [-0.4, -0.2) is 39.6 Å². The van der Waals surface area contributed by atoms with Gasteiger partial charge in [0.2, 0.25) is 0 Å². The first-order valence-electron chi connectivity index (χ1n) is 7.47. The minimum Gasteiger partial charge on any atom is -0.497 e. The molecule has 3 aromatic rings. The number of ether oxygens (including phenoxy) is 1. The molecule has 2 heterocycles. The molecule has 0 radical (unpaired) electrons. The van der Waals surface area contributed by atoms with Crippen LogP contribution in [0.5, 0.6) is 5.75 Å². The molecule has 6 nitrogen and oxygen atoms in total. The van der Waals surface area contributed by atoms with Crippen molar-refractivity contribution in [2.75, 3.05) is 13.7 Å². The molecule has 0 bridgehead atoms. The average molecular weight is 346 g/mol. The number of thiophene rings is 1. The van der Waals surface area contributed by atoms with E-state index in [0.29, 0.717) is 16.0 Å². The molecule has 2 aromatic heterocycles. The van der Waals surface area contributed by atoms with E-state index in [1.54, 1.807) is 14.0 Å². The van der Waals surface area contributed by atoms with Crippen LogP contribution in [0.1, 0.15) is 5.82 Å². The predicted octanol–water partition coefficient (Wildman–Crippen LogP) is 1.80. The van der Waals surface area contributed by atoms with Crippen LogP contribution in [0, 0.1) is 6.92 Å². The van der Waals surface area contributed by atoms with Gasteiger partial charge in [0.25, 0.3) is 5.56 Å². The molecule has 0 aliphatic heterocycles. The van der Waals surface area contributed by atoms with E-state index in [1.807, 2.05) is 29.6 Å². The lowest BCUT2D eigenvalue weighted by Gasteiger charge is -2.13. The monoisotopic (exact) mass is 346 g/mol. The van der Waals surface area contributed by atoms with Crippen LogP contribution in [0.2, 0.25) is 0 Å². The number of aliphatic hydroxyl groups excluding tert-OH is 2. The molecule has 0 amide bonds. The largest absolute Gasteiger partial charge is 0.497 e. The summed E-state index contributed by atoms with van der Waals surface area (Å²) in [7, 11) is 1.60. The molecule has 0 spiro atoms. The maximum atomic E-state index is 12.9. The summed E-state index contributed by atoms with van der Waals surface area (Å²) in [6, 6.07) is 7.47. The topological polar surface area (TPSA) is 84.6 Å². The highest BCUT2D eigenvalue weighted by atomic mass is 32.1. The molecular weight excluding hydrogens is 328 g/mol. The smallest absolute Gasteiger partial charge is 0.262 e. The van der Waals surface area contributed by atoms with Gasteiger partial charge in [-0.05, 0) is 24.6 Å². The van der Waals surface area contributed by atoms with Crippen molar-refractivity contribution >= 4 is 21.6 Å². The quantitative estimate of drug-likeness (QED) is 0.736. The Morgan fingerprint density at radius 1 is 1.33 bits per heavy atom. The van der Waals surface area contributed by atoms with E-state index in [-0.39, 0.29) is 12.1 Å². The minimum absolute atomic E-state index is 0.0159. The number of aryl methyl sites for hydroxylation is 1. The van der Waals surface area contributed by atoms with Gasteiger partial charge in [0, 0.05) is 10.9 Å². The molecule has 24 heavy (non-hydrogen) atoms. The number of aliphatic hydroxyl groups is 2. The number of aromatic nitrogens is 2. The third-order valence-corrected chi connectivity index (χ3v) is 4.76. The Hall–Kier alpha value is -2.22. The van der Waals surface area contributed by atoms with Gasteiger partial charge < -0.3 is 14.9 Å². The predicted molar refractivity (Wildman–Crippen MR) is 93.7 cm³/mol. The third-order valence-electron chi connectivity index (χ3n) is 3.89. The van der Waals surface area contributed by atoms with E-state index in [0.717, 1.165) is 16.9 Å². The lowest BCUT2D eigenvalue weighted by atomic mass is 10.1. The van der Waals surface area contributed by atoms with Gasteiger partial charge in [-0.1, -0.05) is 12.1 Å². The fourth-order valence-electron chi connectivity index (χ4n) is 2.59. The summed E-state index contributed by atoms with van der Waals surface area (Å²) >= 11 is 1.41. The molecule has 0 saturated carbocycles. The minimum atomic E-state index is -0.997. The van der Waals surface area contributed by atoms with Gasteiger partial charge in [0.1, 0.15) is 16.4 Å². The van der Waals surface area contributed by atoms with Crippen LogP contribution in [0.15, 0.2) is 34.4 Å². The second kappa shape index (κ2) is 6.72. The van der Waals surface area contributed by atoms with Crippen LogP contribution >= 0.6 is 11.3 Å². The van der Waals surface area contributed by atoms with Gasteiger partial charge in [-0.3, -0.25) is 9.36 Å². The zero-order valence-electron chi connectivity index (χ0n) is 13.4. The van der Waals surface area contributed by atoms with Gasteiger partial charge in [-0.15, -0.1) is 11.3 Å². The molecular formula is C17H18N2O4S. The molecule has 0 aliphatic rings. The Balaban J connectivity index is 2.16. The van der Waals surface area contributed by atoms with E-state index in [1.165, 1.54) is 15.9 Å². The molecule has 2 N–H and O–H groups in total. The molecule has 0 aliphatic carbocycles. The summed E-state index contributed by atoms with van der Waals surface area (Å²) in [5.41, 5.74) is 1.50. The summed E-state index contributed by atoms with van der Waals surface area (Å²) in [6.07, 6.45) is -0.997. The van der Waals surface area contributed by atoms with Crippen LogP contribution in [0.4, 0.5) is 0 Å². The first-order valence-corrected chi connectivity index (χ1v) is 8.35. The lowest BCUT2D eigenvalue weighted by Crippen LogP contribution is -2.30. The Bertz CT molecular complexity index is 915. The number of fused-ring (bicyclic) bond motifs is 1. The van der Waals surface area contributed by atoms with Crippen molar-refractivity contribution in [3.63, 3.8) is 0 Å². The van der Waals surface area contributed by atoms with Gasteiger partial charge >= 0.3 is 0 Å². The first kappa shape index (κ1) is 16.6. The third kappa shape index (κ3) is 2.93. The average Bonchev–Trinajstić information content (AvgIpc) is 3.02. The maximum Gasteiger partial charge on any atom is 0.262 e. The number of benzene rings is 1. The van der Waals surface area contributed by atoms with Crippen LogP contribution in [-0.2, 0) is 6.54 Å². The second-order valence-corrected chi connectivity index (χ2v) is 6.33. The summed E-state index contributed by atoms with van der Waals surface area (Å²) in [5.74, 6) is 1.26. The molecule has 1 unspecified atom stereocenters. The van der Waals surface area contributed by atoms with E-state index in [4.69, 9.17) is 9.84 Å². The zero-order valence-corrected chi connectivity index (χ0v) is 14.2. The van der Waals surface area contributed by atoms with Crippen molar-refractivity contribution in [2.45, 2.75) is 19.6 Å². The van der Waals surface area contributed by atoms with Crippen LogP contribution < -0.4 is 10.3 Å². The lowest BCUT2D eigenvalue weighted by molar-refractivity contribution is 0.0797. The number of hydrogen-bond acceptors (Lipinski definition) is 6. The Labute approximate surface area is 142 Å². The summed E-state index contributed by atoms with van der Waals surface area (Å²) in [5, 5.41) is 21.2. The van der Waals surface area contributed by atoms with Crippen LogP contribution in [0.3, 0.4) is 0 Å². The van der Waals surface area contributed by atoms with Crippen molar-refractivity contribution < 1.29 is 14.9 Å². The fraction of sp³-hybridized carbons (Fsp3) is 0.294. The Morgan fingerprint density at radius 3 is 2.67 bits per heavy atom. The highest BCUT2D eigenvalue weighted by molar-refractivity contribution is 7.17. The highest BCUT2D eigenvalue weighted by Crippen LogP contribution is 2.31. The molecule has 1 aromatic carbocycles. The standard InChI is InChI=1S/C17H18N2O4S/c1-10-18-16-15(17(22)19(10)7-12(21)8-20)14(9-24-16)11-3-5-13(23-2)6-4-11/h3-6,9,12,20-21H,7-8H2,1-2H3. The van der Waals surface area contributed by atoms with Gasteiger partial charge in [0.05, 0.1) is 31.8 Å². The summed E-state index contributed by atoms with van der Waals surface area (Å²) in [4.78, 5) is 18.0. The summed E-state index contributed by atoms with van der Waals surface area (Å²) < 4.78 is 6.57. The zero-order chi connectivity index (χ0) is 17.3. The fourth-order valence-corrected chi connectivity index (χ4v) is 3.58. The molecule has 126 valence electrons. The molecule has 0 saturated heterocycles. The Kier molecular flexibility index (Phi) is 4.66. The number of methoxy groups -OCH3 is 1. The van der Waals surface area contributed by atoms with Crippen LogP contribution in [0.25, 0.3) is 21.3 Å². The number of rotatable bonds is 5. The highest BCUT2D eigenvalue weighted by Gasteiger charge is 2.17. The van der Waals surface area contributed by atoms with Crippen molar-refractivity contribution in [3.05, 3.63) is 45.8 Å². The van der Waals surface area contributed by atoms with E-state index in [2.05, 4.69) is 4.98 Å². The van der Waals surface area contributed by atoms with Crippen molar-refractivity contribution in [1.29, 1.82) is 0 Å². The number of nitrogens with zero attached hydrogens (tertiary/aromatic N) is 2. The van der Waals surface area contributed by atoms with Crippen molar-refractivity contribution in [1.82, 2.24) is 9.55 Å². The molecule has 1 atom stereocenters. The second-order valence-electron chi connectivity index (χ2n) is 5.47. The van der Waals surface area contributed by atoms with Gasteiger partial charge in [-0.2, -0.15) is 0 Å². The van der Waals surface area contributed by atoms with Crippen molar-refractivity contribution in [3.8, 4) is 16.9 Å². The molecule has 7 heteroatoms. The normalized spacial score (nSPS) is 12.5. The molecule has 0 fully saturated rings. The maximum absolute atomic E-state index is 12.9. The van der Waals surface area contributed by atoms with Gasteiger partial charge in [0.15, 0.2) is 0 Å². The first-order chi connectivity index (χ1) is 11.5.